The van der Waals surface area contributed by atoms with Gasteiger partial charge in [0.05, 0.1) is 30.5 Å². The zero-order valence-electron chi connectivity index (χ0n) is 13.5. The van der Waals surface area contributed by atoms with E-state index in [0.29, 0.717) is 30.8 Å². The number of pyridine rings is 1. The Morgan fingerprint density at radius 3 is 2.88 bits per heavy atom. The number of rotatable bonds is 4. The monoisotopic (exact) mass is 327 g/mol. The summed E-state index contributed by atoms with van der Waals surface area (Å²) in [6.45, 7) is 1.13. The first-order chi connectivity index (χ1) is 11.7. The van der Waals surface area contributed by atoms with E-state index in [9.17, 15) is 9.90 Å². The van der Waals surface area contributed by atoms with Crippen LogP contribution in [0.4, 0.5) is 0 Å². The van der Waals surface area contributed by atoms with E-state index < -0.39 is 11.6 Å². The summed E-state index contributed by atoms with van der Waals surface area (Å²) in [4.78, 5) is 16.8. The molecule has 6 heteroatoms. The zero-order valence-corrected chi connectivity index (χ0v) is 13.5. The first-order valence-electron chi connectivity index (χ1n) is 7.92. The third-order valence-corrected chi connectivity index (χ3v) is 4.48. The van der Waals surface area contributed by atoms with E-state index in [1.54, 1.807) is 12.3 Å². The molecule has 3 rings (SSSR count). The Hall–Kier alpha value is -2.44. The van der Waals surface area contributed by atoms with E-state index in [-0.39, 0.29) is 5.91 Å². The van der Waals surface area contributed by atoms with Crippen LogP contribution in [0.25, 0.3) is 0 Å². The van der Waals surface area contributed by atoms with Crippen LogP contribution in [-0.4, -0.2) is 42.3 Å². The smallest absolute Gasteiger partial charge is 0.255 e. The number of benzene rings is 1. The number of ether oxygens (including phenoxy) is 1. The van der Waals surface area contributed by atoms with Crippen molar-refractivity contribution in [1.29, 1.82) is 0 Å². The second kappa shape index (κ2) is 6.98. The maximum Gasteiger partial charge on any atom is 0.255 e. The second-order valence-corrected chi connectivity index (χ2v) is 5.84. The standard InChI is InChI=1S/C18H21N3O3/c1-24-15-11-19-9-7-14(15)17(23)21-18(8-10-20-12-16(18)22)13-5-3-2-4-6-13/h2-7,9,11,16,20,22H,8,10,12H2,1H3,(H,21,23)/t16-,18-/m1/s1. The molecule has 0 radical (unpaired) electrons. The highest BCUT2D eigenvalue weighted by molar-refractivity contribution is 5.97. The maximum absolute atomic E-state index is 12.9. The Kier molecular flexibility index (Phi) is 4.78. The molecule has 3 N–H and O–H groups in total. The Labute approximate surface area is 140 Å². The average Bonchev–Trinajstić information content (AvgIpc) is 2.64. The number of piperidine rings is 1. The van der Waals surface area contributed by atoms with Gasteiger partial charge in [0.15, 0.2) is 0 Å². The number of hydrogen-bond acceptors (Lipinski definition) is 5. The molecule has 126 valence electrons. The van der Waals surface area contributed by atoms with Crippen molar-refractivity contribution in [2.24, 2.45) is 0 Å². The zero-order chi connectivity index (χ0) is 17.0. The first kappa shape index (κ1) is 16.4. The SMILES string of the molecule is COc1cnccc1C(=O)N[C@@]1(c2ccccc2)CCNC[C@H]1O. The van der Waals surface area contributed by atoms with Crippen LogP contribution in [0, 0.1) is 0 Å². The number of amides is 1. The van der Waals surface area contributed by atoms with Crippen molar-refractivity contribution in [3.63, 3.8) is 0 Å². The molecule has 0 bridgehead atoms. The molecule has 0 aliphatic carbocycles. The summed E-state index contributed by atoms with van der Waals surface area (Å²) < 4.78 is 5.22. The average molecular weight is 327 g/mol. The van der Waals surface area contributed by atoms with Gasteiger partial charge in [0.1, 0.15) is 5.75 Å². The van der Waals surface area contributed by atoms with Crippen LogP contribution < -0.4 is 15.4 Å². The lowest BCUT2D eigenvalue weighted by molar-refractivity contribution is 0.0288. The van der Waals surface area contributed by atoms with Gasteiger partial charge in [0, 0.05) is 12.7 Å². The van der Waals surface area contributed by atoms with Gasteiger partial charge in [0.25, 0.3) is 5.91 Å². The number of nitrogens with zero attached hydrogens (tertiary/aromatic N) is 1. The molecular formula is C18H21N3O3. The summed E-state index contributed by atoms with van der Waals surface area (Å²) in [7, 11) is 1.50. The quantitative estimate of drug-likeness (QED) is 0.782. The number of aliphatic hydroxyl groups is 1. The fraction of sp³-hybridized carbons (Fsp3) is 0.333. The molecule has 2 aromatic rings. The molecule has 1 aromatic carbocycles. The number of aliphatic hydroxyl groups excluding tert-OH is 1. The van der Waals surface area contributed by atoms with Gasteiger partial charge in [-0.2, -0.15) is 0 Å². The van der Waals surface area contributed by atoms with Gasteiger partial charge in [-0.1, -0.05) is 30.3 Å². The number of hydrogen-bond donors (Lipinski definition) is 3. The van der Waals surface area contributed by atoms with Crippen LogP contribution in [0.15, 0.2) is 48.8 Å². The van der Waals surface area contributed by atoms with Crippen molar-refractivity contribution in [3.05, 3.63) is 59.9 Å². The molecule has 1 amide bonds. The molecule has 0 unspecified atom stereocenters. The predicted molar refractivity (Wildman–Crippen MR) is 89.9 cm³/mol. The van der Waals surface area contributed by atoms with Crippen LogP contribution in [0.5, 0.6) is 5.75 Å². The molecule has 0 spiro atoms. The van der Waals surface area contributed by atoms with Gasteiger partial charge in [-0.25, -0.2) is 0 Å². The lowest BCUT2D eigenvalue weighted by atomic mass is 9.79. The minimum Gasteiger partial charge on any atom is -0.494 e. The predicted octanol–water partition coefficient (Wildman–Crippen LogP) is 1.07. The summed E-state index contributed by atoms with van der Waals surface area (Å²) in [6, 6.07) is 11.2. The highest BCUT2D eigenvalue weighted by Crippen LogP contribution is 2.32. The molecule has 24 heavy (non-hydrogen) atoms. The number of carbonyl (C=O) groups is 1. The number of β-amino-alcohol motifs (C(OH)–C–C–N with tert-alkyl or cyclic N) is 1. The minimum absolute atomic E-state index is 0.293. The summed E-state index contributed by atoms with van der Waals surface area (Å²) in [5, 5.41) is 16.9. The Morgan fingerprint density at radius 1 is 1.38 bits per heavy atom. The second-order valence-electron chi connectivity index (χ2n) is 5.84. The molecule has 1 aliphatic rings. The van der Waals surface area contributed by atoms with E-state index in [0.717, 1.165) is 5.56 Å². The number of aromatic nitrogens is 1. The number of nitrogens with one attached hydrogen (secondary N) is 2. The van der Waals surface area contributed by atoms with Gasteiger partial charge in [0.2, 0.25) is 0 Å². The van der Waals surface area contributed by atoms with E-state index in [4.69, 9.17) is 4.74 Å². The van der Waals surface area contributed by atoms with E-state index in [1.807, 2.05) is 30.3 Å². The molecule has 0 saturated carbocycles. The van der Waals surface area contributed by atoms with Crippen molar-refractivity contribution in [2.45, 2.75) is 18.1 Å². The number of methoxy groups -OCH3 is 1. The highest BCUT2D eigenvalue weighted by Gasteiger charge is 2.43. The topological polar surface area (TPSA) is 83.5 Å². The maximum atomic E-state index is 12.9. The minimum atomic E-state index is -0.835. The van der Waals surface area contributed by atoms with Crippen LogP contribution in [-0.2, 0) is 5.54 Å². The van der Waals surface area contributed by atoms with Crippen molar-refractivity contribution >= 4 is 5.91 Å². The fourth-order valence-electron chi connectivity index (χ4n) is 3.16. The van der Waals surface area contributed by atoms with E-state index >= 15 is 0 Å². The van der Waals surface area contributed by atoms with Gasteiger partial charge >= 0.3 is 0 Å². The van der Waals surface area contributed by atoms with Crippen molar-refractivity contribution in [1.82, 2.24) is 15.6 Å². The Morgan fingerprint density at radius 2 is 2.17 bits per heavy atom. The Balaban J connectivity index is 1.97. The molecule has 1 fully saturated rings. The van der Waals surface area contributed by atoms with Gasteiger partial charge in [-0.15, -0.1) is 0 Å². The summed E-state index contributed by atoms with van der Waals surface area (Å²) in [6.07, 6.45) is 2.91. The van der Waals surface area contributed by atoms with Crippen LogP contribution in [0.1, 0.15) is 22.3 Å². The fourth-order valence-corrected chi connectivity index (χ4v) is 3.16. The molecule has 1 aliphatic heterocycles. The lowest BCUT2D eigenvalue weighted by Gasteiger charge is -2.43. The van der Waals surface area contributed by atoms with E-state index in [2.05, 4.69) is 15.6 Å². The molecule has 2 heterocycles. The molecule has 1 aromatic heterocycles. The van der Waals surface area contributed by atoms with E-state index in [1.165, 1.54) is 13.3 Å². The number of carbonyl (C=O) groups excluding carboxylic acids is 1. The van der Waals surface area contributed by atoms with Gasteiger partial charge in [-0.3, -0.25) is 9.78 Å². The first-order valence-corrected chi connectivity index (χ1v) is 7.92. The lowest BCUT2D eigenvalue weighted by Crippen LogP contribution is -2.61. The summed E-state index contributed by atoms with van der Waals surface area (Å²) in [5.41, 5.74) is 0.451. The molecule has 6 nitrogen and oxygen atoms in total. The normalized spacial score (nSPS) is 23.5. The summed E-state index contributed by atoms with van der Waals surface area (Å²) >= 11 is 0. The third kappa shape index (κ3) is 2.98. The van der Waals surface area contributed by atoms with Crippen molar-refractivity contribution < 1.29 is 14.6 Å². The van der Waals surface area contributed by atoms with Crippen LogP contribution in [0.2, 0.25) is 0 Å². The van der Waals surface area contributed by atoms with Gasteiger partial charge < -0.3 is 20.5 Å². The molecule has 1 saturated heterocycles. The largest absolute Gasteiger partial charge is 0.494 e. The highest BCUT2D eigenvalue weighted by atomic mass is 16.5. The van der Waals surface area contributed by atoms with Crippen molar-refractivity contribution in [3.8, 4) is 5.75 Å². The van der Waals surface area contributed by atoms with Crippen LogP contribution >= 0.6 is 0 Å². The molecule has 2 atom stereocenters. The summed E-state index contributed by atoms with van der Waals surface area (Å²) in [5.74, 6) is 0.112. The van der Waals surface area contributed by atoms with Crippen LogP contribution in [0.3, 0.4) is 0 Å². The van der Waals surface area contributed by atoms with Crippen molar-refractivity contribution in [2.75, 3.05) is 20.2 Å². The Bertz CT molecular complexity index is 708. The molecular weight excluding hydrogens is 306 g/mol. The third-order valence-electron chi connectivity index (χ3n) is 4.48. The van der Waals surface area contributed by atoms with Gasteiger partial charge in [-0.05, 0) is 24.6 Å².